The summed E-state index contributed by atoms with van der Waals surface area (Å²) in [6, 6.07) is 14.6. The van der Waals surface area contributed by atoms with Crippen LogP contribution in [0.2, 0.25) is 0 Å². The summed E-state index contributed by atoms with van der Waals surface area (Å²) in [5, 5.41) is 10.6. The summed E-state index contributed by atoms with van der Waals surface area (Å²) in [7, 11) is -0.429. The van der Waals surface area contributed by atoms with Gasteiger partial charge >= 0.3 is 7.12 Å². The molecule has 0 unspecified atom stereocenters. The lowest BCUT2D eigenvalue weighted by molar-refractivity contribution is -0.118. The Labute approximate surface area is 182 Å². The molecule has 2 heterocycles. The first-order valence-electron chi connectivity index (χ1n) is 10.7. The van der Waals surface area contributed by atoms with Gasteiger partial charge in [-0.25, -0.2) is 0 Å². The molecule has 7 heteroatoms. The fourth-order valence-electron chi connectivity index (χ4n) is 5.11. The Kier molecular flexibility index (Phi) is 4.45. The van der Waals surface area contributed by atoms with E-state index in [0.29, 0.717) is 37.2 Å². The molecule has 0 bridgehead atoms. The first-order valence-corrected chi connectivity index (χ1v) is 10.7. The SMILES string of the molecule is CC1(C)COB(c2ccc(C3(N4C(=O)c5ccccc5C4=O)CC(C)(O)C3)cc2)OC1. The first kappa shape index (κ1) is 20.4. The van der Waals surface area contributed by atoms with E-state index in [2.05, 4.69) is 13.8 Å². The maximum absolute atomic E-state index is 13.2. The number of aliphatic hydroxyl groups is 1. The van der Waals surface area contributed by atoms with Gasteiger partial charge in [-0.15, -0.1) is 0 Å². The van der Waals surface area contributed by atoms with Gasteiger partial charge < -0.3 is 14.4 Å². The average molecular weight is 419 g/mol. The third-order valence-electron chi connectivity index (χ3n) is 6.54. The molecular weight excluding hydrogens is 393 g/mol. The normalized spacial score (nSPS) is 29.7. The maximum atomic E-state index is 13.2. The molecule has 5 rings (SSSR count). The molecule has 2 aliphatic heterocycles. The maximum Gasteiger partial charge on any atom is 0.493 e. The van der Waals surface area contributed by atoms with Gasteiger partial charge in [0.25, 0.3) is 11.8 Å². The Balaban J connectivity index is 1.47. The van der Waals surface area contributed by atoms with Crippen molar-refractivity contribution < 1.29 is 24.0 Å². The van der Waals surface area contributed by atoms with Crippen LogP contribution in [-0.4, -0.2) is 47.8 Å². The number of rotatable bonds is 3. The second kappa shape index (κ2) is 6.76. The molecule has 0 radical (unpaired) electrons. The van der Waals surface area contributed by atoms with Gasteiger partial charge in [-0.2, -0.15) is 0 Å². The Morgan fingerprint density at radius 1 is 0.871 bits per heavy atom. The topological polar surface area (TPSA) is 76.1 Å². The van der Waals surface area contributed by atoms with Gasteiger partial charge in [0.15, 0.2) is 0 Å². The highest BCUT2D eigenvalue weighted by Crippen LogP contribution is 2.54. The Hall–Kier alpha value is -2.48. The molecule has 0 spiro atoms. The van der Waals surface area contributed by atoms with Crippen molar-refractivity contribution in [2.75, 3.05) is 13.2 Å². The van der Waals surface area contributed by atoms with E-state index in [-0.39, 0.29) is 17.2 Å². The predicted octanol–water partition coefficient (Wildman–Crippen LogP) is 2.49. The molecule has 3 aliphatic rings. The molecule has 0 aromatic heterocycles. The molecule has 2 amide bonds. The van der Waals surface area contributed by atoms with Crippen molar-refractivity contribution in [3.8, 4) is 0 Å². The second-order valence-corrected chi connectivity index (χ2v) is 10.1. The summed E-state index contributed by atoms with van der Waals surface area (Å²) in [5.74, 6) is -0.609. The molecule has 31 heavy (non-hydrogen) atoms. The largest absolute Gasteiger partial charge is 0.493 e. The van der Waals surface area contributed by atoms with Crippen LogP contribution in [0.3, 0.4) is 0 Å². The first-order chi connectivity index (χ1) is 14.6. The standard InChI is InChI=1S/C24H26BNO5/c1-22(2)14-30-25(31-15-22)17-10-8-16(9-11-17)24(12-23(3,29)13-24)26-20(27)18-6-4-5-7-19(18)21(26)28/h4-11,29H,12-15H2,1-3H3. The van der Waals surface area contributed by atoms with Crippen molar-refractivity contribution in [1.29, 1.82) is 0 Å². The zero-order chi connectivity index (χ0) is 22.0. The summed E-state index contributed by atoms with van der Waals surface area (Å²) >= 11 is 0. The van der Waals surface area contributed by atoms with Crippen LogP contribution in [0.25, 0.3) is 0 Å². The molecule has 160 valence electrons. The molecule has 0 atom stereocenters. The van der Waals surface area contributed by atoms with E-state index >= 15 is 0 Å². The Morgan fingerprint density at radius 3 is 1.87 bits per heavy atom. The molecule has 2 aromatic carbocycles. The highest BCUT2D eigenvalue weighted by Gasteiger charge is 2.60. The molecule has 1 aliphatic carbocycles. The zero-order valence-corrected chi connectivity index (χ0v) is 18.1. The van der Waals surface area contributed by atoms with E-state index in [1.807, 2.05) is 24.3 Å². The Morgan fingerprint density at radius 2 is 1.39 bits per heavy atom. The van der Waals surface area contributed by atoms with E-state index in [0.717, 1.165) is 11.0 Å². The van der Waals surface area contributed by atoms with E-state index in [1.54, 1.807) is 31.2 Å². The van der Waals surface area contributed by atoms with Crippen LogP contribution in [0.4, 0.5) is 0 Å². The van der Waals surface area contributed by atoms with Crippen LogP contribution >= 0.6 is 0 Å². The number of amides is 2. The second-order valence-electron chi connectivity index (χ2n) is 10.1. The lowest BCUT2D eigenvalue weighted by Crippen LogP contribution is -2.63. The lowest BCUT2D eigenvalue weighted by Gasteiger charge is -2.55. The minimum atomic E-state index is -0.935. The third-order valence-corrected chi connectivity index (χ3v) is 6.54. The van der Waals surface area contributed by atoms with Gasteiger partial charge in [0.05, 0.1) is 22.3 Å². The molecule has 1 saturated heterocycles. The zero-order valence-electron chi connectivity index (χ0n) is 18.1. The number of hydrogen-bond donors (Lipinski definition) is 1. The van der Waals surface area contributed by atoms with Gasteiger partial charge in [-0.1, -0.05) is 50.2 Å². The summed E-state index contributed by atoms with van der Waals surface area (Å²) in [5.41, 5.74) is 0.740. The van der Waals surface area contributed by atoms with Crippen molar-refractivity contribution in [1.82, 2.24) is 4.90 Å². The van der Waals surface area contributed by atoms with Gasteiger partial charge in [-0.05, 0) is 30.1 Å². The number of carbonyl (C=O) groups is 2. The predicted molar refractivity (Wildman–Crippen MR) is 116 cm³/mol. The average Bonchev–Trinajstić information content (AvgIpc) is 2.97. The van der Waals surface area contributed by atoms with Gasteiger partial charge in [0.1, 0.15) is 0 Å². The minimum absolute atomic E-state index is 0.0104. The van der Waals surface area contributed by atoms with Crippen molar-refractivity contribution in [3.63, 3.8) is 0 Å². The molecule has 1 N–H and O–H groups in total. The molecule has 1 saturated carbocycles. The minimum Gasteiger partial charge on any atom is -0.407 e. The van der Waals surface area contributed by atoms with Crippen molar-refractivity contribution >= 4 is 24.4 Å². The van der Waals surface area contributed by atoms with Crippen molar-refractivity contribution in [3.05, 3.63) is 65.2 Å². The van der Waals surface area contributed by atoms with Crippen LogP contribution < -0.4 is 5.46 Å². The van der Waals surface area contributed by atoms with Gasteiger partial charge in [0, 0.05) is 31.5 Å². The number of benzene rings is 2. The van der Waals surface area contributed by atoms with Gasteiger partial charge in [-0.3, -0.25) is 14.5 Å². The highest BCUT2D eigenvalue weighted by molar-refractivity contribution is 6.61. The van der Waals surface area contributed by atoms with Crippen LogP contribution in [0.5, 0.6) is 0 Å². The summed E-state index contributed by atoms with van der Waals surface area (Å²) in [6.45, 7) is 7.16. The monoisotopic (exact) mass is 419 g/mol. The van der Waals surface area contributed by atoms with E-state index < -0.39 is 18.3 Å². The van der Waals surface area contributed by atoms with Crippen LogP contribution in [-0.2, 0) is 14.8 Å². The van der Waals surface area contributed by atoms with E-state index in [1.165, 1.54) is 4.90 Å². The van der Waals surface area contributed by atoms with Gasteiger partial charge in [0.2, 0.25) is 0 Å². The van der Waals surface area contributed by atoms with E-state index in [4.69, 9.17) is 9.31 Å². The number of carbonyl (C=O) groups excluding carboxylic acids is 2. The van der Waals surface area contributed by atoms with Crippen LogP contribution in [0, 0.1) is 5.41 Å². The third kappa shape index (κ3) is 3.23. The number of nitrogens with zero attached hydrogens (tertiary/aromatic N) is 1. The van der Waals surface area contributed by atoms with Crippen molar-refractivity contribution in [2.24, 2.45) is 5.41 Å². The number of hydrogen-bond acceptors (Lipinski definition) is 5. The van der Waals surface area contributed by atoms with Crippen molar-refractivity contribution in [2.45, 2.75) is 44.8 Å². The summed E-state index contributed by atoms with van der Waals surface area (Å²) in [4.78, 5) is 27.7. The fraction of sp³-hybridized carbons (Fsp3) is 0.417. The fourth-order valence-corrected chi connectivity index (χ4v) is 5.11. The summed E-state index contributed by atoms with van der Waals surface area (Å²) < 4.78 is 11.7. The smallest absolute Gasteiger partial charge is 0.407 e. The molecule has 2 fully saturated rings. The molecular formula is C24H26BNO5. The van der Waals surface area contributed by atoms with Crippen LogP contribution in [0.1, 0.15) is 59.9 Å². The number of imide groups is 1. The van der Waals surface area contributed by atoms with E-state index in [9.17, 15) is 14.7 Å². The summed E-state index contributed by atoms with van der Waals surface area (Å²) in [6.07, 6.45) is 0.602. The highest BCUT2D eigenvalue weighted by atomic mass is 16.6. The lowest BCUT2D eigenvalue weighted by atomic mass is 9.61. The quantitative estimate of drug-likeness (QED) is 0.611. The Bertz CT molecular complexity index is 1010. The molecule has 6 nitrogen and oxygen atoms in total. The number of fused-ring (bicyclic) bond motifs is 1. The van der Waals surface area contributed by atoms with Crippen LogP contribution in [0.15, 0.2) is 48.5 Å². The molecule has 2 aromatic rings.